The molecule has 1 heterocycles. The van der Waals surface area contributed by atoms with Crippen LogP contribution in [0, 0.1) is 5.82 Å². The van der Waals surface area contributed by atoms with Gasteiger partial charge in [-0.3, -0.25) is 0 Å². The lowest BCUT2D eigenvalue weighted by Gasteiger charge is -2.05. The van der Waals surface area contributed by atoms with Crippen LogP contribution in [0.5, 0.6) is 6.01 Å². The fourth-order valence-corrected chi connectivity index (χ4v) is 1.83. The van der Waals surface area contributed by atoms with Gasteiger partial charge in [-0.25, -0.2) is 4.39 Å². The second-order valence-electron chi connectivity index (χ2n) is 3.27. The van der Waals surface area contributed by atoms with E-state index >= 15 is 0 Å². The number of nitrogens with zero attached hydrogens (tertiary/aromatic N) is 3. The summed E-state index contributed by atoms with van der Waals surface area (Å²) in [7, 11) is 0. The zero-order valence-electron chi connectivity index (χ0n) is 9.32. The second-order valence-corrected chi connectivity index (χ2v) is 4.52. The van der Waals surface area contributed by atoms with Gasteiger partial charge in [-0.1, -0.05) is 15.9 Å². The molecular weight excluding hydrogens is 324 g/mol. The molecule has 4 nitrogen and oxygen atoms in total. The minimum absolute atomic E-state index is 0.0391. The molecule has 0 bridgehead atoms. The van der Waals surface area contributed by atoms with Crippen LogP contribution >= 0.6 is 27.5 Å². The molecular formula is C11H8BrClFN3O. The van der Waals surface area contributed by atoms with Gasteiger partial charge in [0.25, 0.3) is 0 Å². The molecule has 0 aliphatic rings. The second kappa shape index (κ2) is 5.58. The van der Waals surface area contributed by atoms with Gasteiger partial charge in [0.1, 0.15) is 5.82 Å². The molecule has 7 heteroatoms. The van der Waals surface area contributed by atoms with Gasteiger partial charge in [-0.15, -0.1) is 0 Å². The normalized spacial score (nSPS) is 10.4. The predicted octanol–water partition coefficient (Wildman–Crippen LogP) is 3.49. The molecule has 0 unspecified atom stereocenters. The standard InChI is InChI=1S/C11H8BrClFN3O/c1-2-18-11-16-9(15-10(13)17-11)7-5-6(12)3-4-8(7)14/h3-5H,2H2,1H3. The molecule has 0 fully saturated rings. The van der Waals surface area contributed by atoms with Crippen LogP contribution in [0.4, 0.5) is 4.39 Å². The zero-order chi connectivity index (χ0) is 13.1. The molecule has 2 rings (SSSR count). The van der Waals surface area contributed by atoms with Crippen molar-refractivity contribution >= 4 is 27.5 Å². The highest BCUT2D eigenvalue weighted by Crippen LogP contribution is 2.25. The average molecular weight is 333 g/mol. The van der Waals surface area contributed by atoms with Crippen LogP contribution in [0.2, 0.25) is 5.28 Å². The van der Waals surface area contributed by atoms with E-state index < -0.39 is 5.82 Å². The molecule has 94 valence electrons. The van der Waals surface area contributed by atoms with E-state index in [1.165, 1.54) is 6.07 Å². The predicted molar refractivity (Wildman–Crippen MR) is 69.1 cm³/mol. The van der Waals surface area contributed by atoms with Crippen molar-refractivity contribution in [1.29, 1.82) is 0 Å². The van der Waals surface area contributed by atoms with Crippen molar-refractivity contribution in [3.63, 3.8) is 0 Å². The van der Waals surface area contributed by atoms with E-state index in [0.717, 1.165) is 0 Å². The highest BCUT2D eigenvalue weighted by atomic mass is 79.9. The van der Waals surface area contributed by atoms with Crippen LogP contribution in [-0.2, 0) is 0 Å². The van der Waals surface area contributed by atoms with Gasteiger partial charge < -0.3 is 4.74 Å². The number of halogens is 3. The van der Waals surface area contributed by atoms with Crippen LogP contribution < -0.4 is 4.74 Å². The van der Waals surface area contributed by atoms with Crippen molar-refractivity contribution < 1.29 is 9.13 Å². The molecule has 0 radical (unpaired) electrons. The molecule has 18 heavy (non-hydrogen) atoms. The molecule has 0 amide bonds. The Kier molecular flexibility index (Phi) is 4.08. The third-order valence-electron chi connectivity index (χ3n) is 2.03. The fourth-order valence-electron chi connectivity index (χ4n) is 1.31. The molecule has 2 aromatic rings. The van der Waals surface area contributed by atoms with Gasteiger partial charge in [0.15, 0.2) is 5.82 Å². The maximum absolute atomic E-state index is 13.7. The van der Waals surface area contributed by atoms with Crippen molar-refractivity contribution in [3.05, 3.63) is 33.8 Å². The van der Waals surface area contributed by atoms with Crippen molar-refractivity contribution in [1.82, 2.24) is 15.0 Å². The Labute approximate surface area is 116 Å². The fraction of sp³-hybridized carbons (Fsp3) is 0.182. The minimum Gasteiger partial charge on any atom is -0.464 e. The van der Waals surface area contributed by atoms with Crippen LogP contribution in [0.15, 0.2) is 22.7 Å². The summed E-state index contributed by atoms with van der Waals surface area (Å²) in [5, 5.41) is -0.0391. The molecule has 0 saturated carbocycles. The summed E-state index contributed by atoms with van der Waals surface area (Å²) in [6.07, 6.45) is 0. The quantitative estimate of drug-likeness (QED) is 0.863. The first-order valence-electron chi connectivity index (χ1n) is 5.10. The van der Waals surface area contributed by atoms with Crippen LogP contribution in [0.25, 0.3) is 11.4 Å². The summed E-state index contributed by atoms with van der Waals surface area (Å²) < 4.78 is 19.6. The lowest BCUT2D eigenvalue weighted by Crippen LogP contribution is -2.02. The van der Waals surface area contributed by atoms with E-state index in [-0.39, 0.29) is 22.7 Å². The van der Waals surface area contributed by atoms with Crippen molar-refractivity contribution in [2.75, 3.05) is 6.61 Å². The Balaban J connectivity index is 2.52. The third-order valence-corrected chi connectivity index (χ3v) is 2.69. The zero-order valence-corrected chi connectivity index (χ0v) is 11.7. The highest BCUT2D eigenvalue weighted by molar-refractivity contribution is 9.10. The lowest BCUT2D eigenvalue weighted by molar-refractivity contribution is 0.312. The smallest absolute Gasteiger partial charge is 0.321 e. The van der Waals surface area contributed by atoms with Gasteiger partial charge in [0.05, 0.1) is 12.2 Å². The molecule has 0 saturated heterocycles. The summed E-state index contributed by atoms with van der Waals surface area (Å²) >= 11 is 9.01. The number of benzene rings is 1. The van der Waals surface area contributed by atoms with E-state index in [9.17, 15) is 4.39 Å². The maximum atomic E-state index is 13.7. The summed E-state index contributed by atoms with van der Waals surface area (Å²) in [6.45, 7) is 2.18. The first-order valence-corrected chi connectivity index (χ1v) is 6.27. The summed E-state index contributed by atoms with van der Waals surface area (Å²) in [4.78, 5) is 11.7. The highest BCUT2D eigenvalue weighted by Gasteiger charge is 2.12. The average Bonchev–Trinajstić information content (AvgIpc) is 2.32. The van der Waals surface area contributed by atoms with Crippen molar-refractivity contribution in [2.45, 2.75) is 6.92 Å². The van der Waals surface area contributed by atoms with Crippen LogP contribution in [0.1, 0.15) is 6.92 Å². The van der Waals surface area contributed by atoms with E-state index in [1.807, 2.05) is 0 Å². The topological polar surface area (TPSA) is 47.9 Å². The Morgan fingerprint density at radius 1 is 1.33 bits per heavy atom. The number of hydrogen-bond donors (Lipinski definition) is 0. The first kappa shape index (κ1) is 13.2. The van der Waals surface area contributed by atoms with Crippen molar-refractivity contribution in [2.24, 2.45) is 0 Å². The van der Waals surface area contributed by atoms with Gasteiger partial charge >= 0.3 is 6.01 Å². The molecule has 0 spiro atoms. The van der Waals surface area contributed by atoms with Crippen molar-refractivity contribution in [3.8, 4) is 17.4 Å². The molecule has 1 aromatic carbocycles. The Bertz CT molecular complexity index is 582. The Hall–Kier alpha value is -1.27. The Morgan fingerprint density at radius 2 is 2.11 bits per heavy atom. The molecule has 0 atom stereocenters. The summed E-state index contributed by atoms with van der Waals surface area (Å²) in [6, 6.07) is 4.55. The first-order chi connectivity index (χ1) is 8.60. The summed E-state index contributed by atoms with van der Waals surface area (Å²) in [5.74, 6) is -0.305. The lowest BCUT2D eigenvalue weighted by atomic mass is 10.2. The number of aromatic nitrogens is 3. The maximum Gasteiger partial charge on any atom is 0.321 e. The number of hydrogen-bond acceptors (Lipinski definition) is 4. The van der Waals surface area contributed by atoms with E-state index in [4.69, 9.17) is 16.3 Å². The third kappa shape index (κ3) is 2.94. The largest absolute Gasteiger partial charge is 0.464 e. The number of rotatable bonds is 3. The van der Waals surface area contributed by atoms with E-state index in [1.54, 1.807) is 19.1 Å². The molecule has 1 aromatic heterocycles. The van der Waals surface area contributed by atoms with E-state index in [0.29, 0.717) is 11.1 Å². The Morgan fingerprint density at radius 3 is 2.83 bits per heavy atom. The van der Waals surface area contributed by atoms with Gasteiger partial charge in [-0.2, -0.15) is 15.0 Å². The summed E-state index contributed by atoms with van der Waals surface area (Å²) in [5.41, 5.74) is 0.231. The van der Waals surface area contributed by atoms with Crippen LogP contribution in [-0.4, -0.2) is 21.6 Å². The van der Waals surface area contributed by atoms with Gasteiger partial charge in [0.2, 0.25) is 5.28 Å². The molecule has 0 N–H and O–H groups in total. The monoisotopic (exact) mass is 331 g/mol. The van der Waals surface area contributed by atoms with Crippen LogP contribution in [0.3, 0.4) is 0 Å². The van der Waals surface area contributed by atoms with Gasteiger partial charge in [-0.05, 0) is 36.7 Å². The molecule has 0 aliphatic carbocycles. The number of ether oxygens (including phenoxy) is 1. The molecule has 0 aliphatic heterocycles. The van der Waals surface area contributed by atoms with Gasteiger partial charge in [0, 0.05) is 4.47 Å². The SMILES string of the molecule is CCOc1nc(Cl)nc(-c2cc(Br)ccc2F)n1. The minimum atomic E-state index is -0.442. The van der Waals surface area contributed by atoms with E-state index in [2.05, 4.69) is 30.9 Å².